The van der Waals surface area contributed by atoms with Gasteiger partial charge >= 0.3 is 0 Å². The van der Waals surface area contributed by atoms with Crippen molar-refractivity contribution in [3.05, 3.63) is 33.4 Å². The predicted octanol–water partition coefficient (Wildman–Crippen LogP) is 0.262. The van der Waals surface area contributed by atoms with Crippen molar-refractivity contribution in [2.24, 2.45) is 0 Å². The standard InChI is InChI=1S/C12H15IN2O/c1-14-6-8-15(9-7-14)12(16)10-2-4-11(13)5-3-10/h2-5H,6-9H2,1H3/p+1. The SMILES string of the molecule is C[NH+]1CCN(C(=O)c2ccc(I)cc2)CC1. The van der Waals surface area contributed by atoms with Crippen LogP contribution in [-0.4, -0.2) is 44.0 Å². The molecule has 0 aromatic heterocycles. The molecule has 1 aromatic carbocycles. The monoisotopic (exact) mass is 331 g/mol. The van der Waals surface area contributed by atoms with Crippen molar-refractivity contribution in [2.45, 2.75) is 0 Å². The van der Waals surface area contributed by atoms with E-state index in [-0.39, 0.29) is 5.91 Å². The molecule has 0 radical (unpaired) electrons. The number of carbonyl (C=O) groups excluding carboxylic acids is 1. The van der Waals surface area contributed by atoms with Gasteiger partial charge in [0, 0.05) is 9.13 Å². The Hall–Kier alpha value is -0.620. The molecule has 1 N–H and O–H groups in total. The van der Waals surface area contributed by atoms with Crippen LogP contribution in [0.1, 0.15) is 10.4 Å². The first kappa shape index (κ1) is 11.9. The molecular formula is C12H16IN2O+. The van der Waals surface area contributed by atoms with E-state index in [4.69, 9.17) is 0 Å². The average Bonchev–Trinajstić information content (AvgIpc) is 2.30. The molecule has 1 aliphatic rings. The Kier molecular flexibility index (Phi) is 3.81. The van der Waals surface area contributed by atoms with Crippen LogP contribution in [0.3, 0.4) is 0 Å². The second-order valence-electron chi connectivity index (χ2n) is 4.26. The normalized spacial score (nSPS) is 17.5. The van der Waals surface area contributed by atoms with Gasteiger partial charge in [0.15, 0.2) is 0 Å². The van der Waals surface area contributed by atoms with Gasteiger partial charge in [-0.3, -0.25) is 4.79 Å². The van der Waals surface area contributed by atoms with Crippen LogP contribution in [-0.2, 0) is 0 Å². The molecule has 4 heteroatoms. The van der Waals surface area contributed by atoms with Crippen LogP contribution < -0.4 is 4.90 Å². The van der Waals surface area contributed by atoms with Crippen molar-refractivity contribution >= 4 is 28.5 Å². The van der Waals surface area contributed by atoms with Crippen LogP contribution in [0.2, 0.25) is 0 Å². The van der Waals surface area contributed by atoms with Crippen molar-refractivity contribution in [3.8, 4) is 0 Å². The molecule has 1 saturated heterocycles. The lowest BCUT2D eigenvalue weighted by Crippen LogP contribution is -3.12. The quantitative estimate of drug-likeness (QED) is 0.734. The van der Waals surface area contributed by atoms with E-state index < -0.39 is 0 Å². The Labute approximate surface area is 110 Å². The maximum absolute atomic E-state index is 12.1. The minimum atomic E-state index is 0.170. The molecular weight excluding hydrogens is 315 g/mol. The Morgan fingerprint density at radius 3 is 2.38 bits per heavy atom. The third-order valence-electron chi connectivity index (χ3n) is 3.00. The third-order valence-corrected chi connectivity index (χ3v) is 3.71. The molecule has 16 heavy (non-hydrogen) atoms. The van der Waals surface area contributed by atoms with Gasteiger partial charge in [-0.25, -0.2) is 0 Å². The summed E-state index contributed by atoms with van der Waals surface area (Å²) in [6.07, 6.45) is 0. The molecule has 0 spiro atoms. The number of rotatable bonds is 1. The first-order valence-electron chi connectivity index (χ1n) is 5.53. The fraction of sp³-hybridized carbons (Fsp3) is 0.417. The lowest BCUT2D eigenvalue weighted by molar-refractivity contribution is -0.883. The highest BCUT2D eigenvalue weighted by Crippen LogP contribution is 2.09. The smallest absolute Gasteiger partial charge is 0.254 e. The number of hydrogen-bond donors (Lipinski definition) is 1. The summed E-state index contributed by atoms with van der Waals surface area (Å²) < 4.78 is 1.16. The maximum atomic E-state index is 12.1. The number of quaternary nitrogens is 1. The van der Waals surface area contributed by atoms with Crippen molar-refractivity contribution in [2.75, 3.05) is 33.2 Å². The van der Waals surface area contributed by atoms with E-state index in [1.807, 2.05) is 29.2 Å². The molecule has 2 rings (SSSR count). The van der Waals surface area contributed by atoms with Gasteiger partial charge in [-0.05, 0) is 46.9 Å². The lowest BCUT2D eigenvalue weighted by atomic mass is 10.2. The highest BCUT2D eigenvalue weighted by Gasteiger charge is 2.21. The number of benzene rings is 1. The van der Waals surface area contributed by atoms with Gasteiger partial charge in [0.25, 0.3) is 5.91 Å². The van der Waals surface area contributed by atoms with Crippen molar-refractivity contribution in [1.82, 2.24) is 4.90 Å². The fourth-order valence-corrected chi connectivity index (χ4v) is 2.23. The Bertz CT molecular complexity index is 369. The summed E-state index contributed by atoms with van der Waals surface area (Å²) in [5.74, 6) is 0.170. The van der Waals surface area contributed by atoms with E-state index in [9.17, 15) is 4.79 Å². The van der Waals surface area contributed by atoms with Gasteiger partial charge in [-0.2, -0.15) is 0 Å². The Morgan fingerprint density at radius 1 is 1.25 bits per heavy atom. The van der Waals surface area contributed by atoms with E-state index in [0.717, 1.165) is 35.3 Å². The third kappa shape index (κ3) is 2.74. The second-order valence-corrected chi connectivity index (χ2v) is 5.50. The minimum Gasteiger partial charge on any atom is -0.334 e. The number of amides is 1. The van der Waals surface area contributed by atoms with Crippen LogP contribution >= 0.6 is 22.6 Å². The van der Waals surface area contributed by atoms with Gasteiger partial charge in [0.05, 0.1) is 33.2 Å². The Balaban J connectivity index is 2.05. The van der Waals surface area contributed by atoms with Crippen LogP contribution in [0.15, 0.2) is 24.3 Å². The number of halogens is 1. The molecule has 1 heterocycles. The van der Waals surface area contributed by atoms with Gasteiger partial charge in [0.1, 0.15) is 0 Å². The summed E-state index contributed by atoms with van der Waals surface area (Å²) >= 11 is 2.25. The molecule has 1 aliphatic heterocycles. The van der Waals surface area contributed by atoms with Crippen LogP contribution in [0.5, 0.6) is 0 Å². The van der Waals surface area contributed by atoms with Gasteiger partial charge in [-0.15, -0.1) is 0 Å². The van der Waals surface area contributed by atoms with Crippen LogP contribution in [0.25, 0.3) is 0 Å². The molecule has 0 unspecified atom stereocenters. The Morgan fingerprint density at radius 2 is 1.81 bits per heavy atom. The molecule has 0 bridgehead atoms. The summed E-state index contributed by atoms with van der Waals surface area (Å²) in [5, 5.41) is 0. The maximum Gasteiger partial charge on any atom is 0.254 e. The van der Waals surface area contributed by atoms with E-state index >= 15 is 0 Å². The minimum absolute atomic E-state index is 0.170. The van der Waals surface area contributed by atoms with E-state index in [1.165, 1.54) is 4.90 Å². The number of hydrogen-bond acceptors (Lipinski definition) is 1. The first-order valence-corrected chi connectivity index (χ1v) is 6.61. The van der Waals surface area contributed by atoms with Crippen molar-refractivity contribution in [3.63, 3.8) is 0 Å². The molecule has 1 amide bonds. The predicted molar refractivity (Wildman–Crippen MR) is 71.7 cm³/mol. The van der Waals surface area contributed by atoms with E-state index in [0.29, 0.717) is 0 Å². The van der Waals surface area contributed by atoms with E-state index in [1.54, 1.807) is 0 Å². The number of nitrogens with one attached hydrogen (secondary N) is 1. The second kappa shape index (κ2) is 5.14. The summed E-state index contributed by atoms with van der Waals surface area (Å²) in [4.78, 5) is 15.6. The summed E-state index contributed by atoms with van der Waals surface area (Å²) in [7, 11) is 2.17. The first-order chi connectivity index (χ1) is 7.66. The van der Waals surface area contributed by atoms with Crippen molar-refractivity contribution < 1.29 is 9.69 Å². The zero-order chi connectivity index (χ0) is 11.5. The lowest BCUT2D eigenvalue weighted by Gasteiger charge is -2.30. The van der Waals surface area contributed by atoms with Crippen LogP contribution in [0, 0.1) is 3.57 Å². The number of piperazine rings is 1. The molecule has 86 valence electrons. The highest BCUT2D eigenvalue weighted by molar-refractivity contribution is 14.1. The molecule has 0 saturated carbocycles. The summed E-state index contributed by atoms with van der Waals surface area (Å²) in [6, 6.07) is 7.79. The molecule has 1 fully saturated rings. The zero-order valence-corrected chi connectivity index (χ0v) is 11.5. The molecule has 3 nitrogen and oxygen atoms in total. The summed E-state index contributed by atoms with van der Waals surface area (Å²) in [5.41, 5.74) is 0.806. The topological polar surface area (TPSA) is 24.8 Å². The molecule has 1 aromatic rings. The highest BCUT2D eigenvalue weighted by atomic mass is 127. The van der Waals surface area contributed by atoms with E-state index in [2.05, 4.69) is 29.6 Å². The number of nitrogens with zero attached hydrogens (tertiary/aromatic N) is 1. The zero-order valence-electron chi connectivity index (χ0n) is 9.37. The fourth-order valence-electron chi connectivity index (χ4n) is 1.87. The van der Waals surface area contributed by atoms with Crippen molar-refractivity contribution in [1.29, 1.82) is 0 Å². The van der Waals surface area contributed by atoms with Crippen LogP contribution in [0.4, 0.5) is 0 Å². The van der Waals surface area contributed by atoms with Gasteiger partial charge in [0.2, 0.25) is 0 Å². The number of carbonyl (C=O) groups is 1. The molecule has 0 aliphatic carbocycles. The van der Waals surface area contributed by atoms with Gasteiger partial charge < -0.3 is 9.80 Å². The largest absolute Gasteiger partial charge is 0.334 e. The van der Waals surface area contributed by atoms with Gasteiger partial charge in [-0.1, -0.05) is 0 Å². The average molecular weight is 331 g/mol. The summed E-state index contributed by atoms with van der Waals surface area (Å²) in [6.45, 7) is 3.85. The number of likely N-dealkylation sites (N-methyl/N-ethyl adjacent to an activating group) is 1. The molecule has 0 atom stereocenters.